The standard InChI is InChI=1S/C17H24N2O/c20-13-7-6-12-3-1-4-15(14(12)11-13)18-16-8-10-19-9-2-5-17(16)19/h6-7,11,15-18,20H,1-5,8-10H2. The molecule has 108 valence electrons. The summed E-state index contributed by atoms with van der Waals surface area (Å²) in [6, 6.07) is 7.77. The van der Waals surface area contributed by atoms with Crippen molar-refractivity contribution in [3.8, 4) is 5.75 Å². The highest BCUT2D eigenvalue weighted by atomic mass is 16.3. The van der Waals surface area contributed by atoms with Gasteiger partial charge in [0.1, 0.15) is 5.75 Å². The lowest BCUT2D eigenvalue weighted by Crippen LogP contribution is -2.41. The monoisotopic (exact) mass is 272 g/mol. The Morgan fingerprint density at radius 1 is 1.10 bits per heavy atom. The SMILES string of the molecule is Oc1ccc2c(c1)C(NC1CCN3CCCC13)CCC2. The molecule has 0 spiro atoms. The fourth-order valence-electron chi connectivity index (χ4n) is 4.49. The Balaban J connectivity index is 1.54. The Bertz CT molecular complexity index is 502. The molecule has 0 aromatic heterocycles. The van der Waals surface area contributed by atoms with Crippen LogP contribution in [0.15, 0.2) is 18.2 Å². The summed E-state index contributed by atoms with van der Waals surface area (Å²) in [6.07, 6.45) is 7.64. The van der Waals surface area contributed by atoms with Crippen LogP contribution in [-0.4, -0.2) is 35.2 Å². The van der Waals surface area contributed by atoms with Crippen molar-refractivity contribution in [2.45, 2.75) is 56.7 Å². The second kappa shape index (κ2) is 5.05. The predicted molar refractivity (Wildman–Crippen MR) is 79.9 cm³/mol. The van der Waals surface area contributed by atoms with Crippen LogP contribution in [0.1, 0.15) is 49.3 Å². The third-order valence-electron chi connectivity index (χ3n) is 5.47. The van der Waals surface area contributed by atoms with Gasteiger partial charge in [0.25, 0.3) is 0 Å². The Morgan fingerprint density at radius 3 is 3.00 bits per heavy atom. The molecule has 3 unspecified atom stereocenters. The van der Waals surface area contributed by atoms with Gasteiger partial charge in [-0.05, 0) is 68.3 Å². The van der Waals surface area contributed by atoms with E-state index in [9.17, 15) is 5.11 Å². The van der Waals surface area contributed by atoms with Gasteiger partial charge < -0.3 is 10.4 Å². The van der Waals surface area contributed by atoms with Crippen LogP contribution in [0.2, 0.25) is 0 Å². The topological polar surface area (TPSA) is 35.5 Å². The Kier molecular flexibility index (Phi) is 3.20. The molecule has 2 N–H and O–H groups in total. The molecular formula is C17H24N2O. The molecule has 3 atom stereocenters. The lowest BCUT2D eigenvalue weighted by atomic mass is 9.86. The van der Waals surface area contributed by atoms with Crippen molar-refractivity contribution in [2.24, 2.45) is 0 Å². The molecule has 1 aliphatic carbocycles. The fraction of sp³-hybridized carbons (Fsp3) is 0.647. The first-order valence-electron chi connectivity index (χ1n) is 8.13. The van der Waals surface area contributed by atoms with Crippen LogP contribution < -0.4 is 5.32 Å². The number of phenolic OH excluding ortho intramolecular Hbond substituents is 1. The Hall–Kier alpha value is -1.06. The van der Waals surface area contributed by atoms with E-state index in [4.69, 9.17) is 0 Å². The molecule has 0 amide bonds. The summed E-state index contributed by atoms with van der Waals surface area (Å²) in [5.41, 5.74) is 2.76. The highest BCUT2D eigenvalue weighted by Crippen LogP contribution is 2.35. The molecule has 2 saturated heterocycles. The molecule has 0 bridgehead atoms. The smallest absolute Gasteiger partial charge is 0.115 e. The van der Waals surface area contributed by atoms with Crippen molar-refractivity contribution in [2.75, 3.05) is 13.1 Å². The molecular weight excluding hydrogens is 248 g/mol. The lowest BCUT2D eigenvalue weighted by molar-refractivity contribution is 0.283. The number of hydrogen-bond acceptors (Lipinski definition) is 3. The van der Waals surface area contributed by atoms with Crippen LogP contribution in [0.4, 0.5) is 0 Å². The number of phenols is 1. The van der Waals surface area contributed by atoms with Crippen molar-refractivity contribution < 1.29 is 5.11 Å². The van der Waals surface area contributed by atoms with Gasteiger partial charge in [0.05, 0.1) is 0 Å². The number of benzene rings is 1. The largest absolute Gasteiger partial charge is 0.508 e. The number of aromatic hydroxyl groups is 1. The fourth-order valence-corrected chi connectivity index (χ4v) is 4.49. The van der Waals surface area contributed by atoms with Crippen LogP contribution in [0.5, 0.6) is 5.75 Å². The van der Waals surface area contributed by atoms with E-state index in [0.29, 0.717) is 17.8 Å². The minimum atomic E-state index is 0.409. The predicted octanol–water partition coefficient (Wildman–Crippen LogP) is 2.60. The minimum Gasteiger partial charge on any atom is -0.508 e. The summed E-state index contributed by atoms with van der Waals surface area (Å²) in [6.45, 7) is 2.56. The molecule has 1 aromatic carbocycles. The Morgan fingerprint density at radius 2 is 2.05 bits per heavy atom. The summed E-state index contributed by atoms with van der Waals surface area (Å²) in [5, 5.41) is 13.7. The van der Waals surface area contributed by atoms with Gasteiger partial charge in [-0.15, -0.1) is 0 Å². The molecule has 0 radical (unpaired) electrons. The van der Waals surface area contributed by atoms with Crippen LogP contribution in [-0.2, 0) is 6.42 Å². The highest BCUT2D eigenvalue weighted by molar-refractivity contribution is 5.38. The highest BCUT2D eigenvalue weighted by Gasteiger charge is 2.38. The van der Waals surface area contributed by atoms with Crippen LogP contribution in [0, 0.1) is 0 Å². The average Bonchev–Trinajstić information content (AvgIpc) is 3.04. The maximum atomic E-state index is 9.78. The summed E-state index contributed by atoms with van der Waals surface area (Å²) in [5.74, 6) is 0.409. The summed E-state index contributed by atoms with van der Waals surface area (Å²) in [7, 11) is 0. The first kappa shape index (κ1) is 12.7. The molecule has 20 heavy (non-hydrogen) atoms. The first-order valence-corrected chi connectivity index (χ1v) is 8.13. The number of fused-ring (bicyclic) bond motifs is 2. The number of nitrogens with zero attached hydrogens (tertiary/aromatic N) is 1. The van der Waals surface area contributed by atoms with E-state index in [1.54, 1.807) is 0 Å². The maximum Gasteiger partial charge on any atom is 0.115 e. The number of aryl methyl sites for hydroxylation is 1. The third-order valence-corrected chi connectivity index (χ3v) is 5.47. The number of nitrogens with one attached hydrogen (secondary N) is 1. The molecule has 3 nitrogen and oxygen atoms in total. The molecule has 4 rings (SSSR count). The molecule has 0 saturated carbocycles. The van der Waals surface area contributed by atoms with Crippen LogP contribution >= 0.6 is 0 Å². The zero-order chi connectivity index (χ0) is 13.5. The maximum absolute atomic E-state index is 9.78. The second-order valence-electron chi connectivity index (χ2n) is 6.64. The Labute approximate surface area is 121 Å². The zero-order valence-electron chi connectivity index (χ0n) is 12.0. The van der Waals surface area contributed by atoms with Crippen molar-refractivity contribution in [3.05, 3.63) is 29.3 Å². The van der Waals surface area contributed by atoms with E-state index in [2.05, 4.69) is 16.3 Å². The molecule has 2 fully saturated rings. The normalized spacial score (nSPS) is 33.1. The van der Waals surface area contributed by atoms with Gasteiger partial charge in [-0.25, -0.2) is 0 Å². The van der Waals surface area contributed by atoms with Crippen LogP contribution in [0.3, 0.4) is 0 Å². The number of hydrogen-bond donors (Lipinski definition) is 2. The van der Waals surface area contributed by atoms with E-state index in [1.165, 1.54) is 56.3 Å². The van der Waals surface area contributed by atoms with Crippen LogP contribution in [0.25, 0.3) is 0 Å². The van der Waals surface area contributed by atoms with E-state index in [1.807, 2.05) is 12.1 Å². The molecule has 2 heterocycles. The average molecular weight is 272 g/mol. The lowest BCUT2D eigenvalue weighted by Gasteiger charge is -2.31. The van der Waals surface area contributed by atoms with Crippen molar-refractivity contribution in [3.63, 3.8) is 0 Å². The van der Waals surface area contributed by atoms with Gasteiger partial charge in [0, 0.05) is 24.7 Å². The molecule has 1 aromatic rings. The van der Waals surface area contributed by atoms with Crippen molar-refractivity contribution in [1.29, 1.82) is 0 Å². The van der Waals surface area contributed by atoms with Gasteiger partial charge in [0.15, 0.2) is 0 Å². The summed E-state index contributed by atoms with van der Waals surface area (Å²) in [4.78, 5) is 2.66. The van der Waals surface area contributed by atoms with Gasteiger partial charge in [-0.1, -0.05) is 6.07 Å². The van der Waals surface area contributed by atoms with Gasteiger partial charge in [0.2, 0.25) is 0 Å². The zero-order valence-corrected chi connectivity index (χ0v) is 12.0. The molecule has 3 aliphatic rings. The van der Waals surface area contributed by atoms with E-state index < -0.39 is 0 Å². The first-order chi connectivity index (χ1) is 9.81. The van der Waals surface area contributed by atoms with E-state index in [0.717, 1.165) is 12.5 Å². The third kappa shape index (κ3) is 2.13. The van der Waals surface area contributed by atoms with E-state index in [-0.39, 0.29) is 0 Å². The van der Waals surface area contributed by atoms with E-state index >= 15 is 0 Å². The van der Waals surface area contributed by atoms with Gasteiger partial charge in [-0.3, -0.25) is 4.90 Å². The summed E-state index contributed by atoms with van der Waals surface area (Å²) < 4.78 is 0. The van der Waals surface area contributed by atoms with Crippen molar-refractivity contribution in [1.82, 2.24) is 10.2 Å². The molecule has 3 heteroatoms. The second-order valence-corrected chi connectivity index (χ2v) is 6.64. The van der Waals surface area contributed by atoms with Gasteiger partial charge in [-0.2, -0.15) is 0 Å². The number of rotatable bonds is 2. The molecule has 2 aliphatic heterocycles. The minimum absolute atomic E-state index is 0.409. The van der Waals surface area contributed by atoms with Gasteiger partial charge >= 0.3 is 0 Å². The quantitative estimate of drug-likeness (QED) is 0.868. The van der Waals surface area contributed by atoms with Crippen molar-refractivity contribution >= 4 is 0 Å². The summed E-state index contributed by atoms with van der Waals surface area (Å²) >= 11 is 0.